The summed E-state index contributed by atoms with van der Waals surface area (Å²) in [6, 6.07) is 12.0. The maximum absolute atomic E-state index is 5.31. The number of hydrogen-bond donors (Lipinski definition) is 0. The number of ether oxygens (including phenoxy) is 1. The van der Waals surface area contributed by atoms with E-state index in [1.807, 2.05) is 30.3 Å². The number of para-hydroxylation sites is 1. The summed E-state index contributed by atoms with van der Waals surface area (Å²) >= 11 is 1.69. The molecule has 2 heteroatoms. The molecular formula is C13H12OS. The van der Waals surface area contributed by atoms with Gasteiger partial charge in [-0.25, -0.2) is 0 Å². The molecule has 0 fully saturated rings. The Morgan fingerprint density at radius 1 is 1.20 bits per heavy atom. The van der Waals surface area contributed by atoms with Crippen molar-refractivity contribution in [1.29, 1.82) is 0 Å². The maximum atomic E-state index is 5.31. The SMILES string of the molecule is C=C(c1cccs1)c1ccccc1OC. The predicted octanol–water partition coefficient (Wildman–Crippen LogP) is 3.82. The van der Waals surface area contributed by atoms with Crippen molar-refractivity contribution in [3.63, 3.8) is 0 Å². The lowest BCUT2D eigenvalue weighted by molar-refractivity contribution is 0.413. The standard InChI is InChI=1S/C13H12OS/c1-10(13-8-5-9-15-13)11-6-3-4-7-12(11)14-2/h3-9H,1H2,2H3. The molecule has 1 aromatic carbocycles. The molecule has 0 saturated carbocycles. The van der Waals surface area contributed by atoms with Crippen molar-refractivity contribution in [2.45, 2.75) is 0 Å². The summed E-state index contributed by atoms with van der Waals surface area (Å²) in [5.74, 6) is 0.871. The van der Waals surface area contributed by atoms with Crippen LogP contribution in [0.4, 0.5) is 0 Å². The van der Waals surface area contributed by atoms with E-state index in [9.17, 15) is 0 Å². The van der Waals surface area contributed by atoms with Gasteiger partial charge in [-0.05, 0) is 23.1 Å². The second-order valence-corrected chi connectivity index (χ2v) is 4.10. The van der Waals surface area contributed by atoms with Crippen LogP contribution in [0.2, 0.25) is 0 Å². The zero-order valence-electron chi connectivity index (χ0n) is 8.57. The van der Waals surface area contributed by atoms with E-state index in [1.54, 1.807) is 18.4 Å². The van der Waals surface area contributed by atoms with Gasteiger partial charge in [0, 0.05) is 10.4 Å². The summed E-state index contributed by atoms with van der Waals surface area (Å²) in [5, 5.41) is 2.05. The lowest BCUT2D eigenvalue weighted by Gasteiger charge is -2.09. The third-order valence-corrected chi connectivity index (χ3v) is 3.18. The second kappa shape index (κ2) is 4.32. The van der Waals surface area contributed by atoms with Crippen LogP contribution in [0.15, 0.2) is 48.4 Å². The molecule has 2 aromatic rings. The second-order valence-electron chi connectivity index (χ2n) is 3.16. The third kappa shape index (κ3) is 1.95. The summed E-state index contributed by atoms with van der Waals surface area (Å²) in [6.07, 6.45) is 0. The van der Waals surface area contributed by atoms with Gasteiger partial charge in [0.2, 0.25) is 0 Å². The van der Waals surface area contributed by atoms with Gasteiger partial charge in [0.15, 0.2) is 0 Å². The van der Waals surface area contributed by atoms with Crippen LogP contribution in [0, 0.1) is 0 Å². The Hall–Kier alpha value is -1.54. The summed E-state index contributed by atoms with van der Waals surface area (Å²) in [6.45, 7) is 4.11. The molecule has 0 saturated heterocycles. The van der Waals surface area contributed by atoms with Crippen molar-refractivity contribution in [2.75, 3.05) is 7.11 Å². The average molecular weight is 216 g/mol. The van der Waals surface area contributed by atoms with Crippen molar-refractivity contribution in [1.82, 2.24) is 0 Å². The van der Waals surface area contributed by atoms with Crippen LogP contribution in [0.5, 0.6) is 5.75 Å². The Kier molecular flexibility index (Phi) is 2.88. The molecule has 0 atom stereocenters. The van der Waals surface area contributed by atoms with Gasteiger partial charge < -0.3 is 4.74 Å². The lowest BCUT2D eigenvalue weighted by atomic mass is 10.1. The summed E-state index contributed by atoms with van der Waals surface area (Å²) < 4.78 is 5.31. The molecule has 0 aliphatic carbocycles. The van der Waals surface area contributed by atoms with E-state index in [4.69, 9.17) is 4.74 Å². The molecule has 1 aromatic heterocycles. The Morgan fingerprint density at radius 2 is 2.00 bits per heavy atom. The van der Waals surface area contributed by atoms with E-state index >= 15 is 0 Å². The van der Waals surface area contributed by atoms with Crippen molar-refractivity contribution in [2.24, 2.45) is 0 Å². The van der Waals surface area contributed by atoms with Crippen LogP contribution in [-0.4, -0.2) is 7.11 Å². The van der Waals surface area contributed by atoms with Gasteiger partial charge in [0.25, 0.3) is 0 Å². The highest BCUT2D eigenvalue weighted by Crippen LogP contribution is 2.31. The quantitative estimate of drug-likeness (QED) is 0.758. The van der Waals surface area contributed by atoms with Crippen LogP contribution in [0.3, 0.4) is 0 Å². The summed E-state index contributed by atoms with van der Waals surface area (Å²) in [4.78, 5) is 1.18. The van der Waals surface area contributed by atoms with E-state index in [0.29, 0.717) is 0 Å². The minimum atomic E-state index is 0.871. The fourth-order valence-corrected chi connectivity index (χ4v) is 2.19. The molecular weight excluding hydrogens is 204 g/mol. The predicted molar refractivity (Wildman–Crippen MR) is 65.4 cm³/mol. The molecule has 0 radical (unpaired) electrons. The normalized spacial score (nSPS) is 9.93. The fourth-order valence-electron chi connectivity index (χ4n) is 1.48. The minimum absolute atomic E-state index is 0.871. The van der Waals surface area contributed by atoms with Gasteiger partial charge in [-0.1, -0.05) is 30.8 Å². The molecule has 15 heavy (non-hydrogen) atoms. The molecule has 0 spiro atoms. The molecule has 0 aliphatic heterocycles. The van der Waals surface area contributed by atoms with E-state index in [0.717, 1.165) is 16.9 Å². The molecule has 0 amide bonds. The number of methoxy groups -OCH3 is 1. The maximum Gasteiger partial charge on any atom is 0.126 e. The van der Waals surface area contributed by atoms with Gasteiger partial charge >= 0.3 is 0 Å². The van der Waals surface area contributed by atoms with Crippen LogP contribution >= 0.6 is 11.3 Å². The topological polar surface area (TPSA) is 9.23 Å². The highest BCUT2D eigenvalue weighted by Gasteiger charge is 2.07. The Balaban J connectivity index is 2.42. The monoisotopic (exact) mass is 216 g/mol. The van der Waals surface area contributed by atoms with Gasteiger partial charge in [-0.15, -0.1) is 11.3 Å². The summed E-state index contributed by atoms with van der Waals surface area (Å²) in [5.41, 5.74) is 2.07. The highest BCUT2D eigenvalue weighted by molar-refractivity contribution is 7.11. The van der Waals surface area contributed by atoms with E-state index in [2.05, 4.69) is 18.0 Å². The first-order chi connectivity index (χ1) is 7.33. The molecule has 76 valence electrons. The molecule has 0 unspecified atom stereocenters. The van der Waals surface area contributed by atoms with E-state index < -0.39 is 0 Å². The largest absolute Gasteiger partial charge is 0.496 e. The van der Waals surface area contributed by atoms with Gasteiger partial charge in [0.05, 0.1) is 7.11 Å². The number of rotatable bonds is 3. The van der Waals surface area contributed by atoms with Crippen LogP contribution in [0.1, 0.15) is 10.4 Å². The van der Waals surface area contributed by atoms with Crippen molar-refractivity contribution >= 4 is 16.9 Å². The Labute approximate surface area is 93.6 Å². The van der Waals surface area contributed by atoms with Crippen LogP contribution < -0.4 is 4.74 Å². The lowest BCUT2D eigenvalue weighted by Crippen LogP contribution is -1.90. The Morgan fingerprint density at radius 3 is 2.67 bits per heavy atom. The molecule has 1 heterocycles. The fraction of sp³-hybridized carbons (Fsp3) is 0.0769. The van der Waals surface area contributed by atoms with Crippen molar-refractivity contribution in [3.8, 4) is 5.75 Å². The molecule has 0 bridgehead atoms. The van der Waals surface area contributed by atoms with Crippen LogP contribution in [-0.2, 0) is 0 Å². The molecule has 0 N–H and O–H groups in total. The number of thiophene rings is 1. The minimum Gasteiger partial charge on any atom is -0.496 e. The number of benzene rings is 1. The third-order valence-electron chi connectivity index (χ3n) is 2.25. The van der Waals surface area contributed by atoms with E-state index in [1.165, 1.54) is 4.88 Å². The molecule has 1 nitrogen and oxygen atoms in total. The molecule has 0 aliphatic rings. The smallest absolute Gasteiger partial charge is 0.126 e. The van der Waals surface area contributed by atoms with Gasteiger partial charge in [0.1, 0.15) is 5.75 Å². The number of hydrogen-bond acceptors (Lipinski definition) is 2. The van der Waals surface area contributed by atoms with Crippen molar-refractivity contribution < 1.29 is 4.74 Å². The summed E-state index contributed by atoms with van der Waals surface area (Å²) in [7, 11) is 1.68. The van der Waals surface area contributed by atoms with Crippen molar-refractivity contribution in [3.05, 3.63) is 58.8 Å². The van der Waals surface area contributed by atoms with Crippen LogP contribution in [0.25, 0.3) is 5.57 Å². The van der Waals surface area contributed by atoms with Gasteiger partial charge in [-0.3, -0.25) is 0 Å². The average Bonchev–Trinajstić information content (AvgIpc) is 2.81. The zero-order chi connectivity index (χ0) is 10.7. The first-order valence-corrected chi connectivity index (χ1v) is 5.57. The zero-order valence-corrected chi connectivity index (χ0v) is 9.38. The Bertz CT molecular complexity index is 457. The molecule has 2 rings (SSSR count). The first-order valence-electron chi connectivity index (χ1n) is 4.69. The van der Waals surface area contributed by atoms with E-state index in [-0.39, 0.29) is 0 Å². The highest BCUT2D eigenvalue weighted by atomic mass is 32.1. The first kappa shape index (κ1) is 9.99. The van der Waals surface area contributed by atoms with Gasteiger partial charge in [-0.2, -0.15) is 0 Å².